The van der Waals surface area contributed by atoms with Gasteiger partial charge in [-0.15, -0.1) is 0 Å². The third-order valence-corrected chi connectivity index (χ3v) is 3.59. The SMILES string of the molecule is CC(=O)NCc1nc2ccccc2n1CC(=O)Nc1ccccc1. The van der Waals surface area contributed by atoms with Crippen molar-refractivity contribution in [1.82, 2.24) is 14.9 Å². The van der Waals surface area contributed by atoms with Crippen LogP contribution in [-0.2, 0) is 22.7 Å². The van der Waals surface area contributed by atoms with E-state index in [0.717, 1.165) is 16.7 Å². The average Bonchev–Trinajstić information content (AvgIpc) is 2.91. The first-order valence-electron chi connectivity index (χ1n) is 7.67. The van der Waals surface area contributed by atoms with Crippen molar-refractivity contribution in [2.24, 2.45) is 0 Å². The van der Waals surface area contributed by atoms with E-state index in [1.54, 1.807) is 0 Å². The number of fused-ring (bicyclic) bond motifs is 1. The third kappa shape index (κ3) is 3.60. The smallest absolute Gasteiger partial charge is 0.244 e. The molecule has 0 saturated carbocycles. The van der Waals surface area contributed by atoms with Crippen LogP contribution in [0.3, 0.4) is 0 Å². The summed E-state index contributed by atoms with van der Waals surface area (Å²) in [5.74, 6) is 0.366. The standard InChI is InChI=1S/C18H18N4O2/c1-13(23)19-11-17-21-15-9-5-6-10-16(15)22(17)12-18(24)20-14-7-3-2-4-8-14/h2-10H,11-12H2,1H3,(H,19,23)(H,20,24). The maximum Gasteiger partial charge on any atom is 0.244 e. The van der Waals surface area contributed by atoms with Gasteiger partial charge in [-0.25, -0.2) is 4.98 Å². The lowest BCUT2D eigenvalue weighted by Crippen LogP contribution is -2.24. The van der Waals surface area contributed by atoms with Crippen LogP contribution in [0.1, 0.15) is 12.7 Å². The number of aromatic nitrogens is 2. The molecule has 24 heavy (non-hydrogen) atoms. The molecule has 122 valence electrons. The van der Waals surface area contributed by atoms with Crippen molar-refractivity contribution in [2.45, 2.75) is 20.0 Å². The lowest BCUT2D eigenvalue weighted by Gasteiger charge is -2.10. The minimum absolute atomic E-state index is 0.129. The molecule has 2 aromatic carbocycles. The Morgan fingerprint density at radius 3 is 2.50 bits per heavy atom. The Labute approximate surface area is 139 Å². The van der Waals surface area contributed by atoms with Gasteiger partial charge in [0.05, 0.1) is 17.6 Å². The molecule has 0 radical (unpaired) electrons. The van der Waals surface area contributed by atoms with Gasteiger partial charge in [0.1, 0.15) is 12.4 Å². The largest absolute Gasteiger partial charge is 0.349 e. The van der Waals surface area contributed by atoms with Gasteiger partial charge >= 0.3 is 0 Å². The fourth-order valence-electron chi connectivity index (χ4n) is 2.51. The second-order valence-corrected chi connectivity index (χ2v) is 5.43. The number of carbonyl (C=O) groups is 2. The summed E-state index contributed by atoms with van der Waals surface area (Å²) in [7, 11) is 0. The molecule has 0 fully saturated rings. The lowest BCUT2D eigenvalue weighted by atomic mass is 10.3. The summed E-state index contributed by atoms with van der Waals surface area (Å²) in [5.41, 5.74) is 2.40. The highest BCUT2D eigenvalue weighted by Crippen LogP contribution is 2.16. The minimum atomic E-state index is -0.145. The monoisotopic (exact) mass is 322 g/mol. The van der Waals surface area contributed by atoms with Crippen LogP contribution in [0, 0.1) is 0 Å². The van der Waals surface area contributed by atoms with E-state index in [-0.39, 0.29) is 24.9 Å². The van der Waals surface area contributed by atoms with Crippen molar-refractivity contribution in [1.29, 1.82) is 0 Å². The van der Waals surface area contributed by atoms with E-state index in [4.69, 9.17) is 0 Å². The van der Waals surface area contributed by atoms with Gasteiger partial charge in [-0.05, 0) is 24.3 Å². The summed E-state index contributed by atoms with van der Waals surface area (Å²) in [5, 5.41) is 5.59. The van der Waals surface area contributed by atoms with E-state index in [1.165, 1.54) is 6.92 Å². The molecule has 0 aliphatic rings. The van der Waals surface area contributed by atoms with Crippen LogP contribution in [0.2, 0.25) is 0 Å². The molecule has 1 aromatic heterocycles. The van der Waals surface area contributed by atoms with Gasteiger partial charge < -0.3 is 15.2 Å². The second-order valence-electron chi connectivity index (χ2n) is 5.43. The van der Waals surface area contributed by atoms with Crippen molar-refractivity contribution in [3.63, 3.8) is 0 Å². The molecule has 0 spiro atoms. The highest BCUT2D eigenvalue weighted by atomic mass is 16.2. The van der Waals surface area contributed by atoms with Crippen molar-refractivity contribution in [2.75, 3.05) is 5.32 Å². The molecule has 3 aromatic rings. The third-order valence-electron chi connectivity index (χ3n) is 3.59. The highest BCUT2D eigenvalue weighted by molar-refractivity contribution is 5.91. The van der Waals surface area contributed by atoms with Crippen LogP contribution in [0.4, 0.5) is 5.69 Å². The zero-order valence-corrected chi connectivity index (χ0v) is 13.3. The molecule has 6 nitrogen and oxygen atoms in total. The van der Waals surface area contributed by atoms with Gasteiger partial charge in [0, 0.05) is 12.6 Å². The van der Waals surface area contributed by atoms with Gasteiger partial charge in [-0.3, -0.25) is 9.59 Å². The van der Waals surface area contributed by atoms with Gasteiger partial charge in [0.2, 0.25) is 11.8 Å². The van der Waals surface area contributed by atoms with Gasteiger partial charge in [-0.1, -0.05) is 30.3 Å². The summed E-state index contributed by atoms with van der Waals surface area (Å²) >= 11 is 0. The molecule has 2 amide bonds. The summed E-state index contributed by atoms with van der Waals surface area (Å²) in [6, 6.07) is 16.9. The summed E-state index contributed by atoms with van der Waals surface area (Å²) in [6.07, 6.45) is 0. The molecule has 6 heteroatoms. The Morgan fingerprint density at radius 1 is 1.04 bits per heavy atom. The minimum Gasteiger partial charge on any atom is -0.349 e. The highest BCUT2D eigenvalue weighted by Gasteiger charge is 2.13. The topological polar surface area (TPSA) is 76.0 Å². The number of imidazole rings is 1. The number of nitrogens with one attached hydrogen (secondary N) is 2. The van der Waals surface area contributed by atoms with E-state index in [1.807, 2.05) is 59.2 Å². The predicted octanol–water partition coefficient (Wildman–Crippen LogP) is 2.31. The van der Waals surface area contributed by atoms with Crippen molar-refractivity contribution in [3.05, 3.63) is 60.4 Å². The van der Waals surface area contributed by atoms with Gasteiger partial charge in [0.15, 0.2) is 0 Å². The molecule has 0 unspecified atom stereocenters. The van der Waals surface area contributed by atoms with Crippen molar-refractivity contribution < 1.29 is 9.59 Å². The Hall–Kier alpha value is -3.15. The molecule has 0 saturated heterocycles. The second kappa shape index (κ2) is 6.95. The average molecular weight is 322 g/mol. The first-order chi connectivity index (χ1) is 11.6. The van der Waals surface area contributed by atoms with E-state index in [0.29, 0.717) is 5.82 Å². The first kappa shape index (κ1) is 15.7. The van der Waals surface area contributed by atoms with Crippen LogP contribution in [0.25, 0.3) is 11.0 Å². The quantitative estimate of drug-likeness (QED) is 0.757. The molecule has 1 heterocycles. The summed E-state index contributed by atoms with van der Waals surface area (Å²) in [4.78, 5) is 28.1. The van der Waals surface area contributed by atoms with Crippen LogP contribution in [0.15, 0.2) is 54.6 Å². The van der Waals surface area contributed by atoms with Crippen LogP contribution in [0.5, 0.6) is 0 Å². The maximum atomic E-state index is 12.4. The number of hydrogen-bond donors (Lipinski definition) is 2. The Kier molecular flexibility index (Phi) is 4.56. The molecule has 0 bridgehead atoms. The Bertz CT molecular complexity index is 871. The molecule has 0 aliphatic carbocycles. The van der Waals surface area contributed by atoms with Crippen LogP contribution >= 0.6 is 0 Å². The van der Waals surface area contributed by atoms with Gasteiger partial charge in [-0.2, -0.15) is 0 Å². The number of nitrogens with zero attached hydrogens (tertiary/aromatic N) is 2. The zero-order valence-electron chi connectivity index (χ0n) is 13.3. The number of carbonyl (C=O) groups excluding carboxylic acids is 2. The van der Waals surface area contributed by atoms with Crippen LogP contribution in [-0.4, -0.2) is 21.4 Å². The van der Waals surface area contributed by atoms with Crippen molar-refractivity contribution >= 4 is 28.5 Å². The molecule has 0 aliphatic heterocycles. The maximum absolute atomic E-state index is 12.4. The number of para-hydroxylation sites is 3. The summed E-state index contributed by atoms with van der Waals surface area (Å²) < 4.78 is 1.82. The first-order valence-corrected chi connectivity index (χ1v) is 7.67. The number of benzene rings is 2. The zero-order chi connectivity index (χ0) is 16.9. The number of anilines is 1. The normalized spacial score (nSPS) is 10.5. The molecular formula is C18H18N4O2. The van der Waals surface area contributed by atoms with E-state index in [9.17, 15) is 9.59 Å². The molecular weight excluding hydrogens is 304 g/mol. The number of hydrogen-bond acceptors (Lipinski definition) is 3. The van der Waals surface area contributed by atoms with E-state index < -0.39 is 0 Å². The molecule has 3 rings (SSSR count). The Balaban J connectivity index is 1.85. The van der Waals surface area contributed by atoms with Crippen molar-refractivity contribution in [3.8, 4) is 0 Å². The predicted molar refractivity (Wildman–Crippen MR) is 92.3 cm³/mol. The van der Waals surface area contributed by atoms with Crippen LogP contribution < -0.4 is 10.6 Å². The number of amides is 2. The fraction of sp³-hybridized carbons (Fsp3) is 0.167. The fourth-order valence-corrected chi connectivity index (χ4v) is 2.51. The summed E-state index contributed by atoms with van der Waals surface area (Å²) in [6.45, 7) is 1.86. The van der Waals surface area contributed by atoms with Gasteiger partial charge in [0.25, 0.3) is 0 Å². The molecule has 0 atom stereocenters. The number of rotatable bonds is 5. The Morgan fingerprint density at radius 2 is 1.75 bits per heavy atom. The van der Waals surface area contributed by atoms with E-state index >= 15 is 0 Å². The van der Waals surface area contributed by atoms with E-state index in [2.05, 4.69) is 15.6 Å². The molecule has 2 N–H and O–H groups in total. The lowest BCUT2D eigenvalue weighted by molar-refractivity contribution is -0.119.